The van der Waals surface area contributed by atoms with Gasteiger partial charge in [-0.2, -0.15) is 0 Å². The zero-order valence-electron chi connectivity index (χ0n) is 12.9. The van der Waals surface area contributed by atoms with Crippen molar-refractivity contribution >= 4 is 0 Å². The molecule has 4 nitrogen and oxygen atoms in total. The van der Waals surface area contributed by atoms with Gasteiger partial charge in [0.25, 0.3) is 0 Å². The highest BCUT2D eigenvalue weighted by Crippen LogP contribution is 2.36. The lowest BCUT2D eigenvalue weighted by Crippen LogP contribution is -2.07. The van der Waals surface area contributed by atoms with E-state index in [1.54, 1.807) is 21.3 Å². The van der Waals surface area contributed by atoms with E-state index in [1.807, 2.05) is 18.2 Å². The van der Waals surface area contributed by atoms with Crippen LogP contribution in [0.2, 0.25) is 0 Å². The zero-order valence-corrected chi connectivity index (χ0v) is 12.9. The molecule has 1 N–H and O–H groups in total. The maximum Gasteiger partial charge on any atom is 0.203 e. The Labute approximate surface area is 126 Å². The summed E-state index contributed by atoms with van der Waals surface area (Å²) >= 11 is 0. The summed E-state index contributed by atoms with van der Waals surface area (Å²) in [5, 5.41) is 3.37. The number of para-hydroxylation sites is 1. The van der Waals surface area contributed by atoms with Crippen LogP contribution in [0, 0.1) is 5.92 Å². The molecule has 0 radical (unpaired) electrons. The van der Waals surface area contributed by atoms with Gasteiger partial charge in [0.05, 0.1) is 21.3 Å². The molecular weight excluding hydrogens is 266 g/mol. The first kappa shape index (κ1) is 15.3. The molecule has 0 bridgehead atoms. The third-order valence-electron chi connectivity index (χ3n) is 3.68. The van der Waals surface area contributed by atoms with Gasteiger partial charge in [0.2, 0.25) is 5.75 Å². The lowest BCUT2D eigenvalue weighted by molar-refractivity contribution is 0.324. The van der Waals surface area contributed by atoms with Crippen molar-refractivity contribution in [3.05, 3.63) is 42.1 Å². The summed E-state index contributed by atoms with van der Waals surface area (Å²) in [6.45, 7) is 1.18. The first-order chi connectivity index (χ1) is 10.3. The van der Waals surface area contributed by atoms with Gasteiger partial charge in [0.15, 0.2) is 11.5 Å². The molecule has 1 aliphatic carbocycles. The molecule has 1 aliphatic heterocycles. The summed E-state index contributed by atoms with van der Waals surface area (Å²) < 4.78 is 15.3. The van der Waals surface area contributed by atoms with Crippen LogP contribution in [0.4, 0.5) is 0 Å². The average Bonchev–Trinajstić information content (AvgIpc) is 3.03. The van der Waals surface area contributed by atoms with E-state index in [-0.39, 0.29) is 0 Å². The molecule has 0 aromatic heterocycles. The lowest BCUT2D eigenvalue weighted by Gasteiger charge is -2.10. The smallest absolute Gasteiger partial charge is 0.203 e. The van der Waals surface area contributed by atoms with E-state index < -0.39 is 0 Å². The normalized spacial score (nSPS) is 18.6. The number of allylic oxidation sites excluding steroid dienone is 4. The van der Waals surface area contributed by atoms with Gasteiger partial charge in [0, 0.05) is 18.2 Å². The third kappa shape index (κ3) is 3.72. The van der Waals surface area contributed by atoms with Crippen molar-refractivity contribution in [1.29, 1.82) is 0 Å². The van der Waals surface area contributed by atoms with Gasteiger partial charge >= 0.3 is 0 Å². The SMILES string of the molecule is C1=CCC2CCNC2=C1.COc1cccc(OC)c1OC. The molecule has 3 rings (SSSR count). The van der Waals surface area contributed by atoms with Crippen molar-refractivity contribution in [3.8, 4) is 17.2 Å². The van der Waals surface area contributed by atoms with Gasteiger partial charge < -0.3 is 19.5 Å². The first-order valence-electron chi connectivity index (χ1n) is 7.15. The zero-order chi connectivity index (χ0) is 15.1. The molecule has 1 unspecified atom stereocenters. The molecule has 1 heterocycles. The average molecular weight is 289 g/mol. The number of hydrogen-bond donors (Lipinski definition) is 1. The Kier molecular flexibility index (Phi) is 5.55. The molecule has 2 aliphatic rings. The fourth-order valence-corrected chi connectivity index (χ4v) is 2.56. The lowest BCUT2D eigenvalue weighted by atomic mass is 9.97. The van der Waals surface area contributed by atoms with Crippen LogP contribution in [0.15, 0.2) is 42.1 Å². The summed E-state index contributed by atoms with van der Waals surface area (Å²) in [6.07, 6.45) is 9.17. The van der Waals surface area contributed by atoms with Gasteiger partial charge in [-0.25, -0.2) is 0 Å². The minimum Gasteiger partial charge on any atom is -0.493 e. The standard InChI is InChI=1S/C9H12O3.C8H11N/c1-10-7-5-4-6-8(11-2)9(7)12-3;1-2-4-8-7(3-1)5-6-9-8/h4-6H,1-3H3;1-2,4,7,9H,3,5-6H2. The van der Waals surface area contributed by atoms with Crippen molar-refractivity contribution in [2.75, 3.05) is 27.9 Å². The topological polar surface area (TPSA) is 39.7 Å². The number of nitrogens with one attached hydrogen (secondary N) is 1. The van der Waals surface area contributed by atoms with E-state index in [0.29, 0.717) is 17.2 Å². The second-order valence-corrected chi connectivity index (χ2v) is 4.89. The molecule has 21 heavy (non-hydrogen) atoms. The van der Waals surface area contributed by atoms with Gasteiger partial charge in [-0.1, -0.05) is 18.2 Å². The fraction of sp³-hybridized carbons (Fsp3) is 0.412. The molecular formula is C17H23NO3. The number of fused-ring (bicyclic) bond motifs is 1. The Morgan fingerprint density at radius 2 is 1.76 bits per heavy atom. The molecule has 1 aromatic carbocycles. The van der Waals surface area contributed by atoms with Crippen LogP contribution in [-0.2, 0) is 0 Å². The van der Waals surface area contributed by atoms with Gasteiger partial charge in [-0.15, -0.1) is 0 Å². The summed E-state index contributed by atoms with van der Waals surface area (Å²) in [5.41, 5.74) is 1.46. The van der Waals surface area contributed by atoms with Crippen LogP contribution in [-0.4, -0.2) is 27.9 Å². The van der Waals surface area contributed by atoms with E-state index in [9.17, 15) is 0 Å². The van der Waals surface area contributed by atoms with Crippen LogP contribution < -0.4 is 19.5 Å². The van der Waals surface area contributed by atoms with Crippen LogP contribution >= 0.6 is 0 Å². The van der Waals surface area contributed by atoms with Crippen LogP contribution in [0.1, 0.15) is 12.8 Å². The maximum absolute atomic E-state index is 5.11. The highest BCUT2D eigenvalue weighted by Gasteiger charge is 2.19. The number of hydrogen-bond acceptors (Lipinski definition) is 4. The molecule has 1 saturated heterocycles. The molecule has 1 aromatic rings. The van der Waals surface area contributed by atoms with Gasteiger partial charge in [-0.05, 0) is 31.1 Å². The first-order valence-corrected chi connectivity index (χ1v) is 7.15. The number of ether oxygens (including phenoxy) is 3. The summed E-state index contributed by atoms with van der Waals surface area (Å²) in [6, 6.07) is 5.49. The number of methoxy groups -OCH3 is 3. The Hall–Kier alpha value is -2.10. The predicted molar refractivity (Wildman–Crippen MR) is 84.0 cm³/mol. The van der Waals surface area contributed by atoms with Crippen LogP contribution in [0.25, 0.3) is 0 Å². The molecule has 1 atom stereocenters. The number of rotatable bonds is 3. The van der Waals surface area contributed by atoms with Crippen molar-refractivity contribution < 1.29 is 14.2 Å². The van der Waals surface area contributed by atoms with Crippen LogP contribution in [0.5, 0.6) is 17.2 Å². The van der Waals surface area contributed by atoms with E-state index >= 15 is 0 Å². The molecule has 114 valence electrons. The molecule has 1 fully saturated rings. The van der Waals surface area contributed by atoms with Crippen LogP contribution in [0.3, 0.4) is 0 Å². The highest BCUT2D eigenvalue weighted by atomic mass is 16.5. The van der Waals surface area contributed by atoms with E-state index in [0.717, 1.165) is 5.92 Å². The van der Waals surface area contributed by atoms with Gasteiger partial charge in [0.1, 0.15) is 0 Å². The molecule has 0 saturated carbocycles. The van der Waals surface area contributed by atoms with Crippen molar-refractivity contribution in [3.63, 3.8) is 0 Å². The minimum absolute atomic E-state index is 0.627. The Morgan fingerprint density at radius 3 is 2.33 bits per heavy atom. The largest absolute Gasteiger partial charge is 0.493 e. The Bertz CT molecular complexity index is 501. The monoisotopic (exact) mass is 289 g/mol. The maximum atomic E-state index is 5.11. The third-order valence-corrected chi connectivity index (χ3v) is 3.68. The van der Waals surface area contributed by atoms with Crippen molar-refractivity contribution in [1.82, 2.24) is 5.32 Å². The molecule has 4 heteroatoms. The van der Waals surface area contributed by atoms with Gasteiger partial charge in [-0.3, -0.25) is 0 Å². The van der Waals surface area contributed by atoms with Crippen molar-refractivity contribution in [2.45, 2.75) is 12.8 Å². The highest BCUT2D eigenvalue weighted by molar-refractivity contribution is 5.50. The van der Waals surface area contributed by atoms with Crippen molar-refractivity contribution in [2.24, 2.45) is 5.92 Å². The van der Waals surface area contributed by atoms with E-state index in [2.05, 4.69) is 23.5 Å². The molecule has 0 amide bonds. The minimum atomic E-state index is 0.627. The summed E-state index contributed by atoms with van der Waals surface area (Å²) in [4.78, 5) is 0. The predicted octanol–water partition coefficient (Wildman–Crippen LogP) is 3.15. The van der Waals surface area contributed by atoms with E-state index in [1.165, 1.54) is 25.1 Å². The quantitative estimate of drug-likeness (QED) is 0.928. The Balaban J connectivity index is 0.000000159. The Morgan fingerprint density at radius 1 is 1.05 bits per heavy atom. The fourth-order valence-electron chi connectivity index (χ4n) is 2.56. The summed E-state index contributed by atoms with van der Waals surface area (Å²) in [5.74, 6) is 2.81. The molecule has 0 spiro atoms. The number of benzene rings is 1. The summed E-state index contributed by atoms with van der Waals surface area (Å²) in [7, 11) is 4.77. The second kappa shape index (κ2) is 7.62. The second-order valence-electron chi connectivity index (χ2n) is 4.89. The van der Waals surface area contributed by atoms with E-state index in [4.69, 9.17) is 14.2 Å².